The fourth-order valence-corrected chi connectivity index (χ4v) is 3.47. The molecule has 0 amide bonds. The van der Waals surface area contributed by atoms with Crippen LogP contribution in [0.2, 0.25) is 0 Å². The fraction of sp³-hybridized carbons (Fsp3) is 0.667. The van der Waals surface area contributed by atoms with E-state index in [4.69, 9.17) is 10.5 Å². The lowest BCUT2D eigenvalue weighted by atomic mass is 10.1. The van der Waals surface area contributed by atoms with Crippen LogP contribution in [0.4, 0.5) is 11.8 Å². The molecule has 2 saturated heterocycles. The summed E-state index contributed by atoms with van der Waals surface area (Å²) in [6.45, 7) is 2.80. The highest BCUT2D eigenvalue weighted by Crippen LogP contribution is 2.36. The van der Waals surface area contributed by atoms with Crippen LogP contribution in [0.1, 0.15) is 6.23 Å². The third kappa shape index (κ3) is 2.68. The lowest BCUT2D eigenvalue weighted by Gasteiger charge is -2.34. The molecule has 0 spiro atoms. The number of piperazine rings is 1. The number of anilines is 2. The Morgan fingerprint density at radius 2 is 1.92 bits per heavy atom. The maximum atomic E-state index is 10.5. The quantitative estimate of drug-likeness (QED) is 0.471. The van der Waals surface area contributed by atoms with E-state index >= 15 is 0 Å². The molecule has 26 heavy (non-hydrogen) atoms. The van der Waals surface area contributed by atoms with Gasteiger partial charge < -0.3 is 35.6 Å². The van der Waals surface area contributed by atoms with Crippen LogP contribution < -0.4 is 10.6 Å². The van der Waals surface area contributed by atoms with Crippen molar-refractivity contribution in [3.8, 4) is 0 Å². The monoisotopic (exact) mass is 365 g/mol. The third-order valence-electron chi connectivity index (χ3n) is 5.04. The van der Waals surface area contributed by atoms with Gasteiger partial charge in [0.05, 0.1) is 6.61 Å². The number of nitrogen functional groups attached to an aromatic ring is 1. The van der Waals surface area contributed by atoms with E-state index in [-0.39, 0.29) is 5.82 Å². The molecule has 5 N–H and O–H groups in total. The Balaban J connectivity index is 1.81. The van der Waals surface area contributed by atoms with Crippen molar-refractivity contribution in [1.82, 2.24) is 24.4 Å². The third-order valence-corrected chi connectivity index (χ3v) is 5.04. The summed E-state index contributed by atoms with van der Waals surface area (Å²) in [5, 5.41) is 30.0. The van der Waals surface area contributed by atoms with E-state index in [9.17, 15) is 15.3 Å². The summed E-state index contributed by atoms with van der Waals surface area (Å²) in [6, 6.07) is 0. The predicted octanol–water partition coefficient (Wildman–Crippen LogP) is -2.23. The van der Waals surface area contributed by atoms with E-state index in [0.717, 1.165) is 26.2 Å². The minimum Gasteiger partial charge on any atom is -0.394 e. The molecule has 4 heterocycles. The molecule has 0 aromatic carbocycles. The number of hydrogen-bond acceptors (Lipinski definition) is 10. The molecule has 2 aromatic heterocycles. The minimum absolute atomic E-state index is 0.232. The SMILES string of the molecule is CN1CCN(c2nc3c(N)ncnc3n2[C@@H]2O[C@@H](CO)[C@@H](O)[C@H]2O)CC1. The number of imidazole rings is 1. The maximum absolute atomic E-state index is 10.5. The first-order valence-electron chi connectivity index (χ1n) is 8.55. The Hall–Kier alpha value is -2.05. The van der Waals surface area contributed by atoms with Crippen molar-refractivity contribution in [2.75, 3.05) is 50.5 Å². The molecule has 4 atom stereocenters. The van der Waals surface area contributed by atoms with Crippen LogP contribution in [0.3, 0.4) is 0 Å². The van der Waals surface area contributed by atoms with Crippen LogP contribution in [-0.4, -0.2) is 97.9 Å². The van der Waals surface area contributed by atoms with Gasteiger partial charge in [0.25, 0.3) is 0 Å². The zero-order valence-electron chi connectivity index (χ0n) is 14.4. The van der Waals surface area contributed by atoms with Gasteiger partial charge in [-0.2, -0.15) is 0 Å². The molecule has 2 aliphatic rings. The van der Waals surface area contributed by atoms with Crippen LogP contribution in [0.15, 0.2) is 6.33 Å². The maximum Gasteiger partial charge on any atom is 0.210 e. The largest absolute Gasteiger partial charge is 0.394 e. The molecule has 2 fully saturated rings. The zero-order chi connectivity index (χ0) is 18.4. The van der Waals surface area contributed by atoms with E-state index in [1.807, 2.05) is 0 Å². The van der Waals surface area contributed by atoms with Gasteiger partial charge in [0.1, 0.15) is 24.6 Å². The van der Waals surface area contributed by atoms with Gasteiger partial charge in [-0.3, -0.25) is 4.57 Å². The second-order valence-corrected chi connectivity index (χ2v) is 6.73. The van der Waals surface area contributed by atoms with Crippen molar-refractivity contribution < 1.29 is 20.1 Å². The van der Waals surface area contributed by atoms with Gasteiger partial charge >= 0.3 is 0 Å². The molecule has 0 saturated carbocycles. The van der Waals surface area contributed by atoms with Crippen molar-refractivity contribution in [3.63, 3.8) is 0 Å². The summed E-state index contributed by atoms with van der Waals surface area (Å²) in [6.07, 6.45) is -2.93. The molecule has 2 aromatic rings. The second kappa shape index (κ2) is 6.59. The highest BCUT2D eigenvalue weighted by molar-refractivity contribution is 5.84. The van der Waals surface area contributed by atoms with E-state index in [1.54, 1.807) is 4.57 Å². The van der Waals surface area contributed by atoms with E-state index in [0.29, 0.717) is 17.1 Å². The number of aliphatic hydroxyl groups is 3. The summed E-state index contributed by atoms with van der Waals surface area (Å²) in [5.74, 6) is 0.783. The van der Waals surface area contributed by atoms with E-state index in [2.05, 4.69) is 31.8 Å². The van der Waals surface area contributed by atoms with E-state index < -0.39 is 31.1 Å². The normalized spacial score (nSPS) is 30.4. The van der Waals surface area contributed by atoms with Gasteiger partial charge in [-0.25, -0.2) is 15.0 Å². The average molecular weight is 365 g/mol. The first-order chi connectivity index (χ1) is 12.5. The number of nitrogens with two attached hydrogens (primary N) is 1. The van der Waals surface area contributed by atoms with E-state index in [1.165, 1.54) is 6.33 Å². The molecule has 11 heteroatoms. The summed E-state index contributed by atoms with van der Waals surface area (Å²) < 4.78 is 7.36. The molecule has 11 nitrogen and oxygen atoms in total. The average Bonchev–Trinajstić information content (AvgIpc) is 3.15. The number of likely N-dealkylation sites (N-methyl/N-ethyl adjacent to an activating group) is 1. The molecule has 4 rings (SSSR count). The van der Waals surface area contributed by atoms with Crippen molar-refractivity contribution in [1.29, 1.82) is 0 Å². The van der Waals surface area contributed by atoms with Gasteiger partial charge in [-0.05, 0) is 7.05 Å². The van der Waals surface area contributed by atoms with Crippen LogP contribution >= 0.6 is 0 Å². The van der Waals surface area contributed by atoms with Crippen LogP contribution in [0.25, 0.3) is 11.2 Å². The van der Waals surface area contributed by atoms with Crippen LogP contribution in [0.5, 0.6) is 0 Å². The predicted molar refractivity (Wildman–Crippen MR) is 92.5 cm³/mol. The highest BCUT2D eigenvalue weighted by atomic mass is 16.6. The second-order valence-electron chi connectivity index (χ2n) is 6.73. The first kappa shape index (κ1) is 17.4. The summed E-state index contributed by atoms with van der Waals surface area (Å²) in [7, 11) is 2.05. The molecule has 0 aliphatic carbocycles. The lowest BCUT2D eigenvalue weighted by Crippen LogP contribution is -2.46. The minimum atomic E-state index is -1.23. The van der Waals surface area contributed by atoms with Crippen LogP contribution in [0, 0.1) is 0 Å². The van der Waals surface area contributed by atoms with Gasteiger partial charge in [-0.1, -0.05) is 0 Å². The number of ether oxygens (including phenoxy) is 1. The van der Waals surface area contributed by atoms with Crippen molar-refractivity contribution >= 4 is 22.9 Å². The summed E-state index contributed by atoms with van der Waals surface area (Å²) >= 11 is 0. The van der Waals surface area contributed by atoms with Crippen LogP contribution in [-0.2, 0) is 4.74 Å². The number of hydrogen-bond donors (Lipinski definition) is 4. The highest BCUT2D eigenvalue weighted by Gasteiger charge is 2.45. The van der Waals surface area contributed by atoms with Crippen molar-refractivity contribution in [3.05, 3.63) is 6.33 Å². The number of aromatic nitrogens is 4. The summed E-state index contributed by atoms with van der Waals surface area (Å²) in [5.41, 5.74) is 6.79. The molecule has 0 bridgehead atoms. The first-order valence-corrected chi connectivity index (χ1v) is 8.55. The number of fused-ring (bicyclic) bond motifs is 1. The zero-order valence-corrected chi connectivity index (χ0v) is 14.4. The van der Waals surface area contributed by atoms with Gasteiger partial charge in [0.2, 0.25) is 5.95 Å². The number of rotatable bonds is 3. The Labute approximate surface area is 149 Å². The van der Waals surface area contributed by atoms with Crippen molar-refractivity contribution in [2.24, 2.45) is 0 Å². The molecule has 142 valence electrons. The Morgan fingerprint density at radius 1 is 1.19 bits per heavy atom. The van der Waals surface area contributed by atoms with Gasteiger partial charge in [-0.15, -0.1) is 0 Å². The molecular formula is C15H23N7O4. The standard InChI is InChI=1S/C15H23N7O4/c1-20-2-4-21(5-3-20)15-19-9-12(16)17-7-18-13(9)22(15)14-11(25)10(24)8(6-23)26-14/h7-8,10-11,14,23-25H,2-6H2,1H3,(H2,16,17,18)/t8-,10+,11+,14+/m0/s1. The molecule has 0 radical (unpaired) electrons. The van der Waals surface area contributed by atoms with Crippen molar-refractivity contribution in [2.45, 2.75) is 24.5 Å². The van der Waals surface area contributed by atoms with Gasteiger partial charge in [0.15, 0.2) is 23.2 Å². The number of nitrogens with zero attached hydrogens (tertiary/aromatic N) is 6. The fourth-order valence-electron chi connectivity index (χ4n) is 3.47. The Morgan fingerprint density at radius 3 is 2.58 bits per heavy atom. The lowest BCUT2D eigenvalue weighted by molar-refractivity contribution is -0.0505. The Bertz CT molecular complexity index is 792. The smallest absolute Gasteiger partial charge is 0.210 e. The Kier molecular flexibility index (Phi) is 4.40. The van der Waals surface area contributed by atoms with Gasteiger partial charge in [0, 0.05) is 26.2 Å². The summed E-state index contributed by atoms with van der Waals surface area (Å²) in [4.78, 5) is 17.1. The molecule has 2 aliphatic heterocycles. The molecular weight excluding hydrogens is 342 g/mol. The molecule has 0 unspecified atom stereocenters. The topological polar surface area (TPSA) is 146 Å². The number of aliphatic hydroxyl groups excluding tert-OH is 3.